The highest BCUT2D eigenvalue weighted by Crippen LogP contribution is 2.20. The fourth-order valence-electron chi connectivity index (χ4n) is 4.56. The van der Waals surface area contributed by atoms with Crippen LogP contribution in [0.5, 0.6) is 0 Å². The van der Waals surface area contributed by atoms with Crippen molar-refractivity contribution < 1.29 is 9.72 Å². The lowest BCUT2D eigenvalue weighted by atomic mass is 10.0. The van der Waals surface area contributed by atoms with E-state index in [1.807, 2.05) is 17.0 Å². The third-order valence-corrected chi connectivity index (χ3v) is 6.84. The van der Waals surface area contributed by atoms with E-state index in [2.05, 4.69) is 32.2 Å². The molecule has 0 aliphatic carbocycles. The number of hydrogen-bond donors (Lipinski definition) is 1. The number of rotatable bonds is 8. The molecule has 2 aliphatic rings. The van der Waals surface area contributed by atoms with Gasteiger partial charge in [-0.15, -0.1) is 0 Å². The Bertz CT molecular complexity index is 956. The maximum Gasteiger partial charge on any atom is 0.287 e. The van der Waals surface area contributed by atoms with Crippen LogP contribution in [0.1, 0.15) is 33.1 Å². The third kappa shape index (κ3) is 7.53. The van der Waals surface area contributed by atoms with Gasteiger partial charge >= 0.3 is 0 Å². The number of aromatic nitrogens is 1. The number of halogens is 1. The van der Waals surface area contributed by atoms with E-state index in [-0.39, 0.29) is 25.1 Å². The molecule has 4 rings (SSSR count). The molecular formula is C25H35ClN6O3. The summed E-state index contributed by atoms with van der Waals surface area (Å²) in [6, 6.07) is 11.3. The summed E-state index contributed by atoms with van der Waals surface area (Å²) in [5, 5.41) is 14.8. The highest BCUT2D eigenvalue weighted by molar-refractivity contribution is 6.30. The minimum Gasteiger partial charge on any atom is -0.369 e. The van der Waals surface area contributed by atoms with E-state index in [1.165, 1.54) is 18.0 Å². The number of nitro groups is 1. The molecule has 2 aliphatic heterocycles. The number of piperazine rings is 1. The van der Waals surface area contributed by atoms with Crippen LogP contribution in [0.25, 0.3) is 0 Å². The highest BCUT2D eigenvalue weighted by atomic mass is 35.5. The van der Waals surface area contributed by atoms with Gasteiger partial charge in [0.15, 0.2) is 0 Å². The molecule has 9 nitrogen and oxygen atoms in total. The number of hydrogen-bond acceptors (Lipinski definition) is 7. The Kier molecular flexibility index (Phi) is 9.68. The molecule has 3 heterocycles. The first-order chi connectivity index (χ1) is 16.5. The van der Waals surface area contributed by atoms with E-state index in [4.69, 9.17) is 11.6 Å². The number of likely N-dealkylation sites (tertiary alicyclic amines) is 1. The van der Waals surface area contributed by atoms with Gasteiger partial charge in [-0.3, -0.25) is 19.8 Å². The van der Waals surface area contributed by atoms with Gasteiger partial charge in [0, 0.05) is 68.5 Å². The Hall–Kier alpha value is -2.91. The van der Waals surface area contributed by atoms with Crippen molar-refractivity contribution >= 4 is 34.7 Å². The first kappa shape index (κ1) is 26.7. The monoisotopic (exact) mass is 502 g/mol. The van der Waals surface area contributed by atoms with Crippen molar-refractivity contribution in [1.29, 1.82) is 0 Å². The third-order valence-electron chi connectivity index (χ3n) is 6.59. The number of nitrogens with one attached hydrogen (secondary N) is 1. The van der Waals surface area contributed by atoms with Gasteiger partial charge in [0.1, 0.15) is 12.0 Å². The smallest absolute Gasteiger partial charge is 0.287 e. The van der Waals surface area contributed by atoms with E-state index in [0.29, 0.717) is 12.2 Å². The van der Waals surface area contributed by atoms with E-state index >= 15 is 0 Å². The molecule has 1 aromatic heterocycles. The normalized spacial score (nSPS) is 17.1. The van der Waals surface area contributed by atoms with Crippen LogP contribution < -0.4 is 10.2 Å². The van der Waals surface area contributed by atoms with Gasteiger partial charge in [-0.2, -0.15) is 0 Å². The van der Waals surface area contributed by atoms with Gasteiger partial charge < -0.3 is 15.1 Å². The summed E-state index contributed by atoms with van der Waals surface area (Å²) >= 11 is 5.98. The lowest BCUT2D eigenvalue weighted by molar-refractivity contribution is -0.385. The largest absolute Gasteiger partial charge is 0.369 e. The predicted octanol–water partition coefficient (Wildman–Crippen LogP) is 4.28. The van der Waals surface area contributed by atoms with Crippen LogP contribution in [0.2, 0.25) is 5.02 Å². The standard InChI is InChI=1S/C24H31ClN6O3.CH4/c25-19-3-5-21(6-4-19)29-16-14-28(15-17-29)11-1-2-24(32)30-12-9-20(10-13-30)27-23-8-7-22(18-26-23)31(33)34;/h3-8,18,20H,1-2,9-17H2,(H,26,27);1H4. The second-order valence-electron chi connectivity index (χ2n) is 8.87. The summed E-state index contributed by atoms with van der Waals surface area (Å²) in [4.78, 5) is 33.8. The molecule has 1 aromatic carbocycles. The Balaban J connectivity index is 0.00000342. The van der Waals surface area contributed by atoms with Crippen molar-refractivity contribution in [2.45, 2.75) is 39.2 Å². The molecule has 2 fully saturated rings. The minimum absolute atomic E-state index is 0. The number of carbonyl (C=O) groups is 1. The molecule has 2 saturated heterocycles. The molecule has 0 atom stereocenters. The van der Waals surface area contributed by atoms with E-state index in [0.717, 1.165) is 70.1 Å². The summed E-state index contributed by atoms with van der Waals surface area (Å²) in [6.45, 7) is 6.38. The maximum atomic E-state index is 12.7. The van der Waals surface area contributed by atoms with Crippen molar-refractivity contribution in [1.82, 2.24) is 14.8 Å². The average molecular weight is 503 g/mol. The number of benzene rings is 1. The van der Waals surface area contributed by atoms with Crippen LogP contribution in [0, 0.1) is 10.1 Å². The summed E-state index contributed by atoms with van der Waals surface area (Å²) < 4.78 is 0. The fourth-order valence-corrected chi connectivity index (χ4v) is 4.68. The van der Waals surface area contributed by atoms with Crippen LogP contribution in [-0.2, 0) is 4.79 Å². The van der Waals surface area contributed by atoms with Crippen LogP contribution in [-0.4, -0.2) is 77.5 Å². The van der Waals surface area contributed by atoms with Crippen molar-refractivity contribution in [2.24, 2.45) is 0 Å². The second kappa shape index (κ2) is 12.7. The Morgan fingerprint density at radius 2 is 1.74 bits per heavy atom. The molecule has 190 valence electrons. The zero-order chi connectivity index (χ0) is 23.9. The first-order valence-electron chi connectivity index (χ1n) is 11.9. The SMILES string of the molecule is C.O=C(CCCN1CCN(c2ccc(Cl)cc2)CC1)N1CCC(Nc2ccc([N+](=O)[O-])cn2)CC1. The summed E-state index contributed by atoms with van der Waals surface area (Å²) in [7, 11) is 0. The molecular weight excluding hydrogens is 468 g/mol. The summed E-state index contributed by atoms with van der Waals surface area (Å²) in [5.74, 6) is 0.859. The second-order valence-corrected chi connectivity index (χ2v) is 9.30. The van der Waals surface area contributed by atoms with Gasteiger partial charge in [-0.1, -0.05) is 19.0 Å². The molecule has 1 N–H and O–H groups in total. The molecule has 0 saturated carbocycles. The van der Waals surface area contributed by atoms with Crippen molar-refractivity contribution in [3.8, 4) is 0 Å². The van der Waals surface area contributed by atoms with Gasteiger partial charge in [-0.05, 0) is 56.1 Å². The number of nitrogens with zero attached hydrogens (tertiary/aromatic N) is 5. The Morgan fingerprint density at radius 1 is 1.06 bits per heavy atom. The molecule has 0 unspecified atom stereocenters. The van der Waals surface area contributed by atoms with Gasteiger partial charge in [-0.25, -0.2) is 4.98 Å². The lowest BCUT2D eigenvalue weighted by Gasteiger charge is -2.36. The van der Waals surface area contributed by atoms with Gasteiger partial charge in [0.2, 0.25) is 5.91 Å². The lowest BCUT2D eigenvalue weighted by Crippen LogP contribution is -2.47. The molecule has 2 aromatic rings. The van der Waals surface area contributed by atoms with Crippen molar-refractivity contribution in [3.63, 3.8) is 0 Å². The molecule has 0 spiro atoms. The zero-order valence-electron chi connectivity index (χ0n) is 19.2. The number of amides is 1. The number of piperidine rings is 1. The van der Waals surface area contributed by atoms with E-state index in [9.17, 15) is 14.9 Å². The highest BCUT2D eigenvalue weighted by Gasteiger charge is 2.23. The summed E-state index contributed by atoms with van der Waals surface area (Å²) in [5.41, 5.74) is 1.19. The van der Waals surface area contributed by atoms with Crippen molar-refractivity contribution in [3.05, 3.63) is 57.7 Å². The Morgan fingerprint density at radius 3 is 2.34 bits per heavy atom. The average Bonchev–Trinajstić information content (AvgIpc) is 2.86. The molecule has 35 heavy (non-hydrogen) atoms. The Labute approximate surface area is 212 Å². The maximum absolute atomic E-state index is 12.7. The topological polar surface area (TPSA) is 94.9 Å². The van der Waals surface area contributed by atoms with Crippen LogP contribution in [0.4, 0.5) is 17.2 Å². The van der Waals surface area contributed by atoms with Crippen LogP contribution in [0.15, 0.2) is 42.6 Å². The molecule has 1 amide bonds. The molecule has 0 bridgehead atoms. The molecule has 10 heteroatoms. The number of pyridine rings is 1. The van der Waals surface area contributed by atoms with E-state index in [1.54, 1.807) is 6.07 Å². The summed E-state index contributed by atoms with van der Waals surface area (Å²) in [6.07, 6.45) is 4.41. The fraction of sp³-hybridized carbons (Fsp3) is 0.520. The van der Waals surface area contributed by atoms with Crippen LogP contribution >= 0.6 is 11.6 Å². The number of carbonyl (C=O) groups excluding carboxylic acids is 1. The van der Waals surface area contributed by atoms with Crippen LogP contribution in [0.3, 0.4) is 0 Å². The number of anilines is 2. The van der Waals surface area contributed by atoms with Gasteiger partial charge in [0.25, 0.3) is 5.69 Å². The quantitative estimate of drug-likeness (QED) is 0.425. The minimum atomic E-state index is -0.456. The van der Waals surface area contributed by atoms with Crippen molar-refractivity contribution in [2.75, 3.05) is 56.0 Å². The molecule has 0 radical (unpaired) electrons. The predicted molar refractivity (Wildman–Crippen MR) is 140 cm³/mol. The zero-order valence-corrected chi connectivity index (χ0v) is 20.0. The van der Waals surface area contributed by atoms with E-state index < -0.39 is 4.92 Å². The first-order valence-corrected chi connectivity index (χ1v) is 12.2. The van der Waals surface area contributed by atoms with Gasteiger partial charge in [0.05, 0.1) is 4.92 Å².